The van der Waals surface area contributed by atoms with Crippen LogP contribution in [-0.4, -0.2) is 0 Å². The lowest BCUT2D eigenvalue weighted by Crippen LogP contribution is -1.97. The van der Waals surface area contributed by atoms with Crippen molar-refractivity contribution in [3.8, 4) is 0 Å². The van der Waals surface area contributed by atoms with Gasteiger partial charge in [0.2, 0.25) is 0 Å². The Morgan fingerprint density at radius 3 is 1.96 bits per heavy atom. The van der Waals surface area contributed by atoms with Gasteiger partial charge in [0.1, 0.15) is 17.3 Å². The van der Waals surface area contributed by atoms with Gasteiger partial charge in [-0.15, -0.1) is 0 Å². The van der Waals surface area contributed by atoms with Crippen LogP contribution in [0.5, 0.6) is 0 Å². The average molecular weight is 337 g/mol. The van der Waals surface area contributed by atoms with Gasteiger partial charge in [0.05, 0.1) is 0 Å². The third kappa shape index (κ3) is 4.16. The van der Waals surface area contributed by atoms with Crippen LogP contribution in [0, 0.1) is 11.6 Å². The molecule has 0 radical (unpaired) electrons. The van der Waals surface area contributed by atoms with Gasteiger partial charge in [-0.2, -0.15) is 0 Å². The standard InChI is InChI=1S/C19H19F4N/c1-2-3-4-5-12-6-8-13(9-7-12)17(22)18(23)14-10-15(20)19(24)16(21)11-14/h6-11H,2-5,24H2,1H3/b18-17+. The number of hydrogen-bond acceptors (Lipinski definition) is 1. The summed E-state index contributed by atoms with van der Waals surface area (Å²) in [4.78, 5) is 0. The lowest BCUT2D eigenvalue weighted by Gasteiger charge is -2.06. The number of unbranched alkanes of at least 4 members (excludes halogenated alkanes) is 2. The van der Waals surface area contributed by atoms with E-state index in [9.17, 15) is 17.6 Å². The van der Waals surface area contributed by atoms with Gasteiger partial charge < -0.3 is 5.73 Å². The molecule has 2 rings (SSSR count). The van der Waals surface area contributed by atoms with Crippen molar-refractivity contribution in [3.63, 3.8) is 0 Å². The van der Waals surface area contributed by atoms with Crippen LogP contribution >= 0.6 is 0 Å². The van der Waals surface area contributed by atoms with Crippen molar-refractivity contribution in [2.75, 3.05) is 5.73 Å². The summed E-state index contributed by atoms with van der Waals surface area (Å²) < 4.78 is 55.2. The molecule has 0 bridgehead atoms. The third-order valence-electron chi connectivity index (χ3n) is 3.80. The number of anilines is 1. The van der Waals surface area contributed by atoms with Gasteiger partial charge in [-0.1, -0.05) is 44.0 Å². The van der Waals surface area contributed by atoms with Crippen molar-refractivity contribution >= 4 is 17.3 Å². The molecule has 0 aromatic heterocycles. The minimum atomic E-state index is -1.33. The highest BCUT2D eigenvalue weighted by Crippen LogP contribution is 2.31. The van der Waals surface area contributed by atoms with Crippen LogP contribution in [0.15, 0.2) is 36.4 Å². The Morgan fingerprint density at radius 2 is 1.42 bits per heavy atom. The van der Waals surface area contributed by atoms with E-state index < -0.39 is 34.5 Å². The second kappa shape index (κ2) is 7.99. The van der Waals surface area contributed by atoms with Crippen LogP contribution in [0.25, 0.3) is 11.7 Å². The minimum Gasteiger partial charge on any atom is -0.394 e. The van der Waals surface area contributed by atoms with Crippen molar-refractivity contribution in [1.82, 2.24) is 0 Å². The van der Waals surface area contributed by atoms with Crippen LogP contribution in [0.4, 0.5) is 23.2 Å². The lowest BCUT2D eigenvalue weighted by molar-refractivity contribution is 0.588. The largest absolute Gasteiger partial charge is 0.394 e. The number of hydrogen-bond donors (Lipinski definition) is 1. The Balaban J connectivity index is 2.25. The van der Waals surface area contributed by atoms with Crippen LogP contribution < -0.4 is 5.73 Å². The van der Waals surface area contributed by atoms with Crippen molar-refractivity contribution in [2.24, 2.45) is 0 Å². The zero-order chi connectivity index (χ0) is 17.7. The number of aryl methyl sites for hydroxylation is 1. The molecule has 0 aliphatic heterocycles. The highest BCUT2D eigenvalue weighted by atomic mass is 19.2. The predicted octanol–water partition coefficient (Wildman–Crippen LogP) is 6.04. The SMILES string of the molecule is CCCCCc1ccc(/C(F)=C(\F)c2cc(F)c(N)c(F)c2)cc1. The number of nitrogen functional groups attached to an aromatic ring is 1. The molecule has 2 N–H and O–H groups in total. The molecule has 0 atom stereocenters. The zero-order valence-electron chi connectivity index (χ0n) is 13.4. The molecular weight excluding hydrogens is 318 g/mol. The maximum absolute atomic E-state index is 14.2. The first-order chi connectivity index (χ1) is 11.4. The third-order valence-corrected chi connectivity index (χ3v) is 3.80. The first kappa shape index (κ1) is 18.0. The van der Waals surface area contributed by atoms with Crippen LogP contribution in [0.2, 0.25) is 0 Å². The molecule has 0 aliphatic rings. The summed E-state index contributed by atoms with van der Waals surface area (Å²) in [5, 5.41) is 0. The van der Waals surface area contributed by atoms with Crippen LogP contribution in [0.1, 0.15) is 42.9 Å². The molecule has 0 aliphatic carbocycles. The number of nitrogens with two attached hydrogens (primary N) is 1. The van der Waals surface area contributed by atoms with Crippen molar-refractivity contribution in [1.29, 1.82) is 0 Å². The van der Waals surface area contributed by atoms with Crippen LogP contribution in [0.3, 0.4) is 0 Å². The fourth-order valence-electron chi connectivity index (χ4n) is 2.36. The quantitative estimate of drug-likeness (QED) is 0.295. The van der Waals surface area contributed by atoms with E-state index in [1.165, 1.54) is 12.1 Å². The number of halogens is 4. The smallest absolute Gasteiger partial charge is 0.166 e. The molecule has 24 heavy (non-hydrogen) atoms. The maximum atomic E-state index is 14.2. The van der Waals surface area contributed by atoms with E-state index in [2.05, 4.69) is 6.92 Å². The minimum absolute atomic E-state index is 0.0179. The van der Waals surface area contributed by atoms with E-state index in [4.69, 9.17) is 5.73 Å². The Kier molecular flexibility index (Phi) is 6.01. The normalized spacial score (nSPS) is 12.2. The molecule has 128 valence electrons. The molecule has 2 aromatic carbocycles. The van der Waals surface area contributed by atoms with Gasteiger partial charge >= 0.3 is 0 Å². The average Bonchev–Trinajstić information content (AvgIpc) is 2.59. The number of benzene rings is 2. The predicted molar refractivity (Wildman–Crippen MR) is 89.5 cm³/mol. The van der Waals surface area contributed by atoms with E-state index in [1.54, 1.807) is 12.1 Å². The van der Waals surface area contributed by atoms with Crippen LogP contribution in [-0.2, 0) is 6.42 Å². The summed E-state index contributed by atoms with van der Waals surface area (Å²) in [5.41, 5.74) is 4.93. The summed E-state index contributed by atoms with van der Waals surface area (Å²) in [5.74, 6) is -4.75. The Bertz CT molecular complexity index is 713. The summed E-state index contributed by atoms with van der Waals surface area (Å²) >= 11 is 0. The molecule has 0 heterocycles. The molecule has 0 fully saturated rings. The Labute approximate surface area is 138 Å². The fraction of sp³-hybridized carbons (Fsp3) is 0.263. The monoisotopic (exact) mass is 337 g/mol. The van der Waals surface area contributed by atoms with Crippen molar-refractivity contribution in [3.05, 3.63) is 64.7 Å². The summed E-state index contributed by atoms with van der Waals surface area (Å²) in [6.07, 6.45) is 4.12. The van der Waals surface area contributed by atoms with Gasteiger partial charge in [0, 0.05) is 11.1 Å². The molecule has 2 aromatic rings. The molecule has 0 amide bonds. The van der Waals surface area contributed by atoms with E-state index in [-0.39, 0.29) is 5.56 Å². The molecule has 0 saturated carbocycles. The molecular formula is C19H19F4N. The molecule has 1 nitrogen and oxygen atoms in total. The lowest BCUT2D eigenvalue weighted by atomic mass is 10.0. The fourth-order valence-corrected chi connectivity index (χ4v) is 2.36. The number of rotatable bonds is 6. The van der Waals surface area contributed by atoms with Gasteiger partial charge in [-0.3, -0.25) is 0 Å². The van der Waals surface area contributed by atoms with E-state index in [1.807, 2.05) is 0 Å². The van der Waals surface area contributed by atoms with E-state index >= 15 is 0 Å². The maximum Gasteiger partial charge on any atom is 0.166 e. The van der Waals surface area contributed by atoms with Crippen molar-refractivity contribution in [2.45, 2.75) is 32.6 Å². The summed E-state index contributed by atoms with van der Waals surface area (Å²) in [7, 11) is 0. The highest BCUT2D eigenvalue weighted by Gasteiger charge is 2.16. The highest BCUT2D eigenvalue weighted by molar-refractivity contribution is 5.83. The Hall–Kier alpha value is -2.30. The molecule has 0 saturated heterocycles. The molecule has 0 spiro atoms. The van der Waals surface area contributed by atoms with E-state index in [0.717, 1.165) is 31.2 Å². The van der Waals surface area contributed by atoms with E-state index in [0.29, 0.717) is 12.1 Å². The second-order valence-corrected chi connectivity index (χ2v) is 5.64. The summed E-state index contributed by atoms with van der Waals surface area (Å²) in [6.45, 7) is 2.11. The molecule has 5 heteroatoms. The first-order valence-electron chi connectivity index (χ1n) is 7.83. The Morgan fingerprint density at radius 1 is 0.875 bits per heavy atom. The van der Waals surface area contributed by atoms with Gasteiger partial charge in [0.15, 0.2) is 11.7 Å². The molecule has 0 unspecified atom stereocenters. The van der Waals surface area contributed by atoms with Crippen molar-refractivity contribution < 1.29 is 17.6 Å². The van der Waals surface area contributed by atoms with Gasteiger partial charge in [-0.25, -0.2) is 17.6 Å². The van der Waals surface area contributed by atoms with Gasteiger partial charge in [0.25, 0.3) is 0 Å². The second-order valence-electron chi connectivity index (χ2n) is 5.64. The van der Waals surface area contributed by atoms with Gasteiger partial charge in [-0.05, 0) is 30.5 Å². The first-order valence-corrected chi connectivity index (χ1v) is 7.83. The topological polar surface area (TPSA) is 26.0 Å². The summed E-state index contributed by atoms with van der Waals surface area (Å²) in [6, 6.07) is 7.71. The zero-order valence-corrected chi connectivity index (χ0v) is 13.4.